The van der Waals surface area contributed by atoms with Crippen molar-refractivity contribution in [3.8, 4) is 0 Å². The lowest BCUT2D eigenvalue weighted by Crippen LogP contribution is -2.43. The molecule has 2 heterocycles. The molecule has 2 unspecified atom stereocenters. The molecule has 1 aromatic heterocycles. The number of ether oxygens (including phenoxy) is 1. The van der Waals surface area contributed by atoms with Crippen LogP contribution in [0.1, 0.15) is 55.8 Å². The van der Waals surface area contributed by atoms with E-state index in [1.54, 1.807) is 51.1 Å². The predicted molar refractivity (Wildman–Crippen MR) is 135 cm³/mol. The predicted octanol–water partition coefficient (Wildman–Crippen LogP) is 3.23. The highest BCUT2D eigenvalue weighted by Gasteiger charge is 2.35. The van der Waals surface area contributed by atoms with Gasteiger partial charge in [-0.3, -0.25) is 19.0 Å². The van der Waals surface area contributed by atoms with Gasteiger partial charge in [-0.2, -0.15) is 0 Å². The fourth-order valence-electron chi connectivity index (χ4n) is 4.58. The average molecular weight is 543 g/mol. The van der Waals surface area contributed by atoms with Gasteiger partial charge in [0.25, 0.3) is 0 Å². The molecule has 0 saturated heterocycles. The van der Waals surface area contributed by atoms with E-state index in [0.717, 1.165) is 15.6 Å². The molecule has 2 amide bonds. The van der Waals surface area contributed by atoms with E-state index in [-0.39, 0.29) is 6.54 Å². The number of aryl methyl sites for hydroxylation is 1. The van der Waals surface area contributed by atoms with E-state index in [2.05, 4.69) is 26.2 Å². The van der Waals surface area contributed by atoms with Crippen LogP contribution in [0.2, 0.25) is 0 Å². The molecule has 4 rings (SSSR count). The second-order valence-corrected chi connectivity index (χ2v) is 10.6. The Morgan fingerprint density at radius 3 is 2.54 bits per heavy atom. The Kier molecular flexibility index (Phi) is 6.59. The van der Waals surface area contributed by atoms with Gasteiger partial charge in [-0.1, -0.05) is 40.2 Å². The van der Waals surface area contributed by atoms with Crippen LogP contribution in [-0.2, 0) is 22.5 Å². The summed E-state index contributed by atoms with van der Waals surface area (Å²) in [5.41, 5.74) is 7.25. The third kappa shape index (κ3) is 5.17. The maximum Gasteiger partial charge on any atom is 0.407 e. The summed E-state index contributed by atoms with van der Waals surface area (Å²) in [7, 11) is 0. The number of aromatic nitrogens is 2. The number of nitrogens with zero attached hydrogens (tertiary/aromatic N) is 1. The minimum Gasteiger partial charge on any atom is -0.444 e. The van der Waals surface area contributed by atoms with Gasteiger partial charge in [-0.15, -0.1) is 0 Å². The van der Waals surface area contributed by atoms with Crippen molar-refractivity contribution in [2.75, 3.05) is 0 Å². The summed E-state index contributed by atoms with van der Waals surface area (Å²) in [5, 5.41) is 2.69. The van der Waals surface area contributed by atoms with Crippen molar-refractivity contribution in [3.63, 3.8) is 0 Å². The van der Waals surface area contributed by atoms with Crippen molar-refractivity contribution in [3.05, 3.63) is 78.3 Å². The number of nitrogens with two attached hydrogens (primary N) is 1. The van der Waals surface area contributed by atoms with Crippen LogP contribution in [0.15, 0.2) is 50.5 Å². The Hall–Kier alpha value is -3.40. The van der Waals surface area contributed by atoms with Crippen molar-refractivity contribution in [2.24, 2.45) is 5.73 Å². The van der Waals surface area contributed by atoms with Gasteiger partial charge in [0.1, 0.15) is 5.60 Å². The van der Waals surface area contributed by atoms with Crippen LogP contribution in [0.25, 0.3) is 11.0 Å². The Morgan fingerprint density at radius 1 is 1.23 bits per heavy atom. The first-order chi connectivity index (χ1) is 16.4. The third-order valence-electron chi connectivity index (χ3n) is 5.96. The van der Waals surface area contributed by atoms with Gasteiger partial charge < -0.3 is 20.8 Å². The molecule has 0 spiro atoms. The van der Waals surface area contributed by atoms with Gasteiger partial charge in [0.2, 0.25) is 5.91 Å². The molecule has 184 valence electrons. The van der Waals surface area contributed by atoms with Crippen LogP contribution in [0.5, 0.6) is 0 Å². The van der Waals surface area contributed by atoms with Crippen LogP contribution >= 0.6 is 15.9 Å². The number of amides is 2. The molecule has 35 heavy (non-hydrogen) atoms. The number of alkyl carbamates (subject to hydrolysis) is 1. The minimum absolute atomic E-state index is 0.246. The summed E-state index contributed by atoms with van der Waals surface area (Å²) >= 11 is 3.44. The summed E-state index contributed by atoms with van der Waals surface area (Å²) in [4.78, 5) is 52.6. The number of benzene rings is 2. The van der Waals surface area contributed by atoms with Gasteiger partial charge in [-0.05, 0) is 62.4 Å². The number of aromatic amines is 1. The van der Waals surface area contributed by atoms with Gasteiger partial charge in [0.05, 0.1) is 23.0 Å². The van der Waals surface area contributed by atoms with Crippen LogP contribution in [0.4, 0.5) is 4.79 Å². The highest BCUT2D eigenvalue weighted by molar-refractivity contribution is 9.10. The number of primary amides is 1. The molecule has 3 aromatic rings. The third-order valence-corrected chi connectivity index (χ3v) is 6.42. The molecule has 0 aliphatic carbocycles. The average Bonchev–Trinajstić information content (AvgIpc) is 2.76. The number of rotatable bonds is 5. The first-order valence-corrected chi connectivity index (χ1v) is 12.1. The Labute approximate surface area is 209 Å². The van der Waals surface area contributed by atoms with Gasteiger partial charge >= 0.3 is 17.2 Å². The molecule has 4 N–H and O–H groups in total. The highest BCUT2D eigenvalue weighted by Crippen LogP contribution is 2.38. The number of H-pyrrole nitrogens is 1. The number of carbonyl (C=O) groups is 2. The smallest absolute Gasteiger partial charge is 0.407 e. The van der Waals surface area contributed by atoms with Crippen LogP contribution in [0, 0.1) is 0 Å². The summed E-state index contributed by atoms with van der Waals surface area (Å²) in [6, 6.07) is 10.1. The fraction of sp³-hybridized carbons (Fsp3) is 0.360. The summed E-state index contributed by atoms with van der Waals surface area (Å²) in [5.74, 6) is -1.40. The second-order valence-electron chi connectivity index (χ2n) is 9.67. The lowest BCUT2D eigenvalue weighted by atomic mass is 9.84. The molecule has 2 atom stereocenters. The maximum absolute atomic E-state index is 13.0. The number of hydrogen-bond acceptors (Lipinski definition) is 5. The Balaban J connectivity index is 1.66. The monoisotopic (exact) mass is 542 g/mol. The van der Waals surface area contributed by atoms with Gasteiger partial charge in [0.15, 0.2) is 0 Å². The van der Waals surface area contributed by atoms with Gasteiger partial charge in [-0.25, -0.2) is 4.79 Å². The number of carbonyl (C=O) groups excluding carboxylic acids is 2. The SMILES string of the molecule is CC(C)(C)OC(=O)NCc1ccc(C(C(N)=O)C2CCc3cc(Br)cc4[nH]c(=O)c(=O)n2c34)cc1. The molecule has 0 saturated carbocycles. The van der Waals surface area contributed by atoms with Gasteiger partial charge in [0, 0.05) is 11.0 Å². The van der Waals surface area contributed by atoms with Crippen LogP contribution < -0.4 is 22.2 Å². The number of nitrogens with one attached hydrogen (secondary N) is 2. The largest absolute Gasteiger partial charge is 0.444 e. The van der Waals surface area contributed by atoms with E-state index in [0.29, 0.717) is 29.4 Å². The summed E-state index contributed by atoms with van der Waals surface area (Å²) in [6.45, 7) is 5.60. The zero-order valence-corrected chi connectivity index (χ0v) is 21.3. The Bertz CT molecular complexity index is 1420. The zero-order chi connectivity index (χ0) is 25.5. The lowest BCUT2D eigenvalue weighted by Gasteiger charge is -2.32. The van der Waals surface area contributed by atoms with Crippen LogP contribution in [0.3, 0.4) is 0 Å². The molecule has 1 aliphatic heterocycles. The first-order valence-electron chi connectivity index (χ1n) is 11.3. The molecule has 0 fully saturated rings. The van der Waals surface area contributed by atoms with E-state index < -0.39 is 40.7 Å². The van der Waals surface area contributed by atoms with E-state index in [1.807, 2.05) is 6.07 Å². The normalized spacial score (nSPS) is 16.1. The van der Waals surface area contributed by atoms with Crippen molar-refractivity contribution in [1.29, 1.82) is 0 Å². The van der Waals surface area contributed by atoms with E-state index in [9.17, 15) is 19.2 Å². The fourth-order valence-corrected chi connectivity index (χ4v) is 5.09. The van der Waals surface area contributed by atoms with E-state index >= 15 is 0 Å². The molecule has 1 aliphatic rings. The molecule has 9 nitrogen and oxygen atoms in total. The van der Waals surface area contributed by atoms with Crippen molar-refractivity contribution < 1.29 is 14.3 Å². The first kappa shape index (κ1) is 24.7. The maximum atomic E-state index is 13.0. The van der Waals surface area contributed by atoms with E-state index in [1.165, 1.54) is 4.57 Å². The van der Waals surface area contributed by atoms with E-state index in [4.69, 9.17) is 10.5 Å². The lowest BCUT2D eigenvalue weighted by molar-refractivity contribution is -0.120. The molecular formula is C25H27BrN4O5. The molecule has 2 aromatic carbocycles. The topological polar surface area (TPSA) is 136 Å². The molecule has 0 bridgehead atoms. The zero-order valence-electron chi connectivity index (χ0n) is 19.7. The number of hydrogen-bond donors (Lipinski definition) is 3. The Morgan fingerprint density at radius 2 is 1.91 bits per heavy atom. The highest BCUT2D eigenvalue weighted by atomic mass is 79.9. The summed E-state index contributed by atoms with van der Waals surface area (Å²) in [6.07, 6.45) is 0.562. The quantitative estimate of drug-likeness (QED) is 0.425. The minimum atomic E-state index is -0.817. The van der Waals surface area contributed by atoms with Crippen LogP contribution in [-0.4, -0.2) is 27.2 Å². The second kappa shape index (κ2) is 9.33. The van der Waals surface area contributed by atoms with Crippen molar-refractivity contribution in [2.45, 2.75) is 57.7 Å². The molecule has 0 radical (unpaired) electrons. The number of halogens is 1. The molecule has 10 heteroatoms. The molecular weight excluding hydrogens is 516 g/mol. The van der Waals surface area contributed by atoms with Crippen molar-refractivity contribution in [1.82, 2.24) is 14.9 Å². The summed E-state index contributed by atoms with van der Waals surface area (Å²) < 4.78 is 7.46. The van der Waals surface area contributed by atoms with Crippen molar-refractivity contribution >= 4 is 39.0 Å². The standard InChI is InChI=1S/C25H27BrN4O5/c1-25(2,3)35-24(34)28-12-13-4-6-14(7-5-13)19(21(27)31)18-9-8-15-10-16(26)11-17-20(15)30(18)23(33)22(32)29-17/h4-7,10-11,18-19H,8-9,12H2,1-3H3,(H2,27,31)(H,28,34)(H,29,32).